The van der Waals surface area contributed by atoms with Gasteiger partial charge in [-0.2, -0.15) is 0 Å². The number of urea groups is 1. The van der Waals surface area contributed by atoms with Gasteiger partial charge in [0.1, 0.15) is 9.71 Å². The first-order valence-corrected chi connectivity index (χ1v) is 12.2. The maximum Gasteiger partial charge on any atom is 0.331 e. The lowest BCUT2D eigenvalue weighted by atomic mass is 10.0. The standard InChI is InChI=1S/C24H28N6O2S/c1-13(2)9-16-10-14(3)18(12-27-16)30-17-6-8-26-23-19(17)20(29-24(30)32)21(33-23)22(31)28-15-5-4-7-25-11-15/h6,8,10,12-13,15,25H,4-5,7,9,11H2,1-3H3,(H,28,31)(H,29,32)/t15-/m1/s1. The van der Waals surface area contributed by atoms with Crippen LogP contribution in [0.4, 0.5) is 21.9 Å². The van der Waals surface area contributed by atoms with Crippen LogP contribution in [0.3, 0.4) is 0 Å². The predicted octanol–water partition coefficient (Wildman–Crippen LogP) is 4.36. The Morgan fingerprint density at radius 1 is 1.33 bits per heavy atom. The average Bonchev–Trinajstić information content (AvgIpc) is 3.15. The summed E-state index contributed by atoms with van der Waals surface area (Å²) in [5.74, 6) is 0.334. The number of aromatic nitrogens is 2. The molecule has 5 heterocycles. The van der Waals surface area contributed by atoms with Crippen molar-refractivity contribution in [3.05, 3.63) is 40.7 Å². The van der Waals surface area contributed by atoms with Crippen molar-refractivity contribution in [2.75, 3.05) is 23.3 Å². The van der Waals surface area contributed by atoms with Crippen LogP contribution in [0.15, 0.2) is 24.5 Å². The van der Waals surface area contributed by atoms with Gasteiger partial charge in [0, 0.05) is 24.5 Å². The van der Waals surface area contributed by atoms with Gasteiger partial charge in [-0.05, 0) is 56.3 Å². The molecule has 3 aromatic rings. The van der Waals surface area contributed by atoms with Crippen LogP contribution >= 0.6 is 11.3 Å². The molecule has 172 valence electrons. The molecule has 8 nitrogen and oxygen atoms in total. The summed E-state index contributed by atoms with van der Waals surface area (Å²) < 4.78 is 0. The minimum atomic E-state index is -0.303. The molecule has 3 N–H and O–H groups in total. The van der Waals surface area contributed by atoms with Gasteiger partial charge in [0.25, 0.3) is 5.91 Å². The van der Waals surface area contributed by atoms with Crippen molar-refractivity contribution in [1.29, 1.82) is 0 Å². The third-order valence-electron chi connectivity index (χ3n) is 6.08. The number of thiophene rings is 1. The number of carbonyl (C=O) groups is 2. The zero-order valence-electron chi connectivity index (χ0n) is 19.1. The highest BCUT2D eigenvalue weighted by Crippen LogP contribution is 2.46. The summed E-state index contributed by atoms with van der Waals surface area (Å²) in [6.07, 6.45) is 6.31. The van der Waals surface area contributed by atoms with Crippen molar-refractivity contribution >= 4 is 50.6 Å². The molecule has 9 heteroatoms. The first-order chi connectivity index (χ1) is 15.9. The monoisotopic (exact) mass is 464 g/mol. The Kier molecular flexibility index (Phi) is 5.76. The maximum atomic E-state index is 13.3. The molecule has 0 aliphatic carbocycles. The fraction of sp³-hybridized carbons (Fsp3) is 0.417. The first-order valence-electron chi connectivity index (χ1n) is 11.4. The van der Waals surface area contributed by atoms with E-state index in [9.17, 15) is 9.59 Å². The van der Waals surface area contributed by atoms with E-state index in [-0.39, 0.29) is 18.0 Å². The number of aryl methyl sites for hydroxylation is 1. The van der Waals surface area contributed by atoms with Crippen LogP contribution in [0.2, 0.25) is 0 Å². The van der Waals surface area contributed by atoms with Crippen molar-refractivity contribution in [2.24, 2.45) is 5.92 Å². The molecule has 0 bridgehead atoms. The number of pyridine rings is 2. The van der Waals surface area contributed by atoms with Crippen molar-refractivity contribution in [1.82, 2.24) is 20.6 Å². The van der Waals surface area contributed by atoms with Crippen molar-refractivity contribution in [2.45, 2.75) is 46.1 Å². The van der Waals surface area contributed by atoms with Gasteiger partial charge in [0.2, 0.25) is 0 Å². The third kappa shape index (κ3) is 4.06. The molecule has 2 aliphatic heterocycles. The highest BCUT2D eigenvalue weighted by atomic mass is 32.1. The van der Waals surface area contributed by atoms with Gasteiger partial charge in [-0.25, -0.2) is 9.78 Å². The van der Waals surface area contributed by atoms with Crippen molar-refractivity contribution < 1.29 is 9.59 Å². The number of nitrogens with one attached hydrogen (secondary N) is 3. The van der Waals surface area contributed by atoms with Crippen LogP contribution in [0.1, 0.15) is 47.6 Å². The normalized spacial score (nSPS) is 18.0. The number of nitrogens with zero attached hydrogens (tertiary/aromatic N) is 3. The van der Waals surface area contributed by atoms with E-state index in [1.165, 1.54) is 11.3 Å². The Morgan fingerprint density at radius 3 is 2.91 bits per heavy atom. The van der Waals surface area contributed by atoms with E-state index in [2.05, 4.69) is 39.8 Å². The molecule has 0 radical (unpaired) electrons. The summed E-state index contributed by atoms with van der Waals surface area (Å²) >= 11 is 1.31. The van der Waals surface area contributed by atoms with E-state index < -0.39 is 0 Å². The van der Waals surface area contributed by atoms with Crippen LogP contribution in [0.25, 0.3) is 10.2 Å². The van der Waals surface area contributed by atoms with Crippen LogP contribution in [0, 0.1) is 12.8 Å². The minimum Gasteiger partial charge on any atom is -0.347 e. The van der Waals surface area contributed by atoms with Crippen molar-refractivity contribution in [3.8, 4) is 0 Å². The number of piperidine rings is 1. The summed E-state index contributed by atoms with van der Waals surface area (Å²) in [4.78, 5) is 38.4. The first kappa shape index (κ1) is 21.8. The highest BCUT2D eigenvalue weighted by molar-refractivity contribution is 7.21. The molecule has 0 spiro atoms. The zero-order chi connectivity index (χ0) is 23.1. The summed E-state index contributed by atoms with van der Waals surface area (Å²) in [5.41, 5.74) is 3.97. The number of hydrogen-bond acceptors (Lipinski definition) is 6. The molecular formula is C24H28N6O2S. The zero-order valence-corrected chi connectivity index (χ0v) is 19.9. The van der Waals surface area contributed by atoms with E-state index in [1.807, 2.05) is 19.1 Å². The van der Waals surface area contributed by atoms with Gasteiger partial charge >= 0.3 is 6.03 Å². The molecular weight excluding hydrogens is 436 g/mol. The van der Waals surface area contributed by atoms with Crippen LogP contribution < -0.4 is 20.9 Å². The summed E-state index contributed by atoms with van der Waals surface area (Å²) in [7, 11) is 0. The quantitative estimate of drug-likeness (QED) is 0.521. The summed E-state index contributed by atoms with van der Waals surface area (Å²) in [6.45, 7) is 8.05. The number of carbonyl (C=O) groups excluding carboxylic acids is 2. The Balaban J connectivity index is 1.53. The van der Waals surface area contributed by atoms with E-state index in [1.54, 1.807) is 17.3 Å². The molecule has 3 amide bonds. The van der Waals surface area contributed by atoms with Gasteiger partial charge in [0.15, 0.2) is 0 Å². The largest absolute Gasteiger partial charge is 0.347 e. The summed E-state index contributed by atoms with van der Waals surface area (Å²) in [5, 5.41) is 10.2. The minimum absolute atomic E-state index is 0.0879. The van der Waals surface area contributed by atoms with Gasteiger partial charge in [0.05, 0.1) is 28.6 Å². The van der Waals surface area contributed by atoms with Gasteiger partial charge in [-0.15, -0.1) is 11.3 Å². The lowest BCUT2D eigenvalue weighted by Crippen LogP contribution is -2.45. The lowest BCUT2D eigenvalue weighted by molar-refractivity contribution is 0.0935. The number of hydrogen-bond donors (Lipinski definition) is 3. The molecule has 2 aliphatic rings. The fourth-order valence-corrected chi connectivity index (χ4v) is 5.60. The van der Waals surface area contributed by atoms with E-state index in [4.69, 9.17) is 0 Å². The third-order valence-corrected chi connectivity index (χ3v) is 7.18. The van der Waals surface area contributed by atoms with Crippen LogP contribution in [-0.2, 0) is 6.42 Å². The number of amides is 3. The van der Waals surface area contributed by atoms with Gasteiger partial charge in [-0.3, -0.25) is 14.7 Å². The fourth-order valence-electron chi connectivity index (χ4n) is 4.58. The van der Waals surface area contributed by atoms with E-state index >= 15 is 0 Å². The molecule has 1 atom stereocenters. The van der Waals surface area contributed by atoms with E-state index in [0.29, 0.717) is 16.5 Å². The SMILES string of the molecule is Cc1cc(CC(C)C)ncc1N1C(=O)Nc2c(C(=O)N[C@@H]3CCCNC3)sc3nccc1c23. The van der Waals surface area contributed by atoms with Crippen molar-refractivity contribution in [3.63, 3.8) is 0 Å². The van der Waals surface area contributed by atoms with Crippen LogP contribution in [0.5, 0.6) is 0 Å². The highest BCUT2D eigenvalue weighted by Gasteiger charge is 2.34. The van der Waals surface area contributed by atoms with E-state index in [0.717, 1.165) is 65.2 Å². The Morgan fingerprint density at radius 2 is 2.18 bits per heavy atom. The second-order valence-electron chi connectivity index (χ2n) is 9.16. The second kappa shape index (κ2) is 8.72. The molecule has 0 unspecified atom stereocenters. The number of anilines is 3. The maximum absolute atomic E-state index is 13.3. The smallest absolute Gasteiger partial charge is 0.331 e. The number of rotatable bonds is 5. The molecule has 3 aromatic heterocycles. The predicted molar refractivity (Wildman–Crippen MR) is 132 cm³/mol. The summed E-state index contributed by atoms with van der Waals surface area (Å²) in [6, 6.07) is 3.65. The molecule has 1 saturated heterocycles. The molecule has 1 fully saturated rings. The lowest BCUT2D eigenvalue weighted by Gasteiger charge is -2.29. The molecule has 5 rings (SSSR count). The van der Waals surface area contributed by atoms with Gasteiger partial charge in [-0.1, -0.05) is 13.8 Å². The van der Waals surface area contributed by atoms with Gasteiger partial charge < -0.3 is 16.0 Å². The molecule has 0 saturated carbocycles. The molecule has 33 heavy (non-hydrogen) atoms. The molecule has 0 aromatic carbocycles. The topological polar surface area (TPSA) is 99.2 Å². The Bertz CT molecular complexity index is 1230. The van der Waals surface area contributed by atoms with Crippen LogP contribution in [-0.4, -0.2) is 41.0 Å². The Hall–Kier alpha value is -3.04. The second-order valence-corrected chi connectivity index (χ2v) is 10.2. The Labute approximate surface area is 196 Å². The average molecular weight is 465 g/mol.